The number of rotatable bonds is 12. The zero-order chi connectivity index (χ0) is 24.8. The van der Waals surface area contributed by atoms with Gasteiger partial charge in [-0.1, -0.05) is 72.8 Å². The monoisotopic (exact) mass is 480 g/mol. The summed E-state index contributed by atoms with van der Waals surface area (Å²) in [4.78, 5) is 12.5. The van der Waals surface area contributed by atoms with E-state index >= 15 is 0 Å². The Bertz CT molecular complexity index is 1120. The molecule has 0 radical (unpaired) electrons. The van der Waals surface area contributed by atoms with Gasteiger partial charge in [-0.2, -0.15) is 0 Å². The summed E-state index contributed by atoms with van der Waals surface area (Å²) >= 11 is 0. The molecule has 0 atom stereocenters. The standard InChI is InChI=1S/C31H32N2O3/c34-31(32-27-17-7-19-29(23-27)35-21-9-15-25-11-3-1-4-12-25)33-28-18-8-20-30(24-28)36-22-10-16-26-13-5-2-6-14-26/h1-8,11-14,17-20,23-24H,9-10,15-16,21-22H2,(H2,32,33,34). The molecule has 36 heavy (non-hydrogen) atoms. The summed E-state index contributed by atoms with van der Waals surface area (Å²) in [5.74, 6) is 1.46. The molecule has 5 heteroatoms. The van der Waals surface area contributed by atoms with E-state index in [0.717, 1.165) is 37.2 Å². The minimum atomic E-state index is -0.322. The van der Waals surface area contributed by atoms with E-state index in [1.54, 1.807) is 0 Å². The van der Waals surface area contributed by atoms with Crippen LogP contribution in [-0.4, -0.2) is 19.2 Å². The van der Waals surface area contributed by atoms with Gasteiger partial charge in [0.05, 0.1) is 13.2 Å². The van der Waals surface area contributed by atoms with Crippen LogP contribution in [0.1, 0.15) is 24.0 Å². The van der Waals surface area contributed by atoms with Crippen LogP contribution in [-0.2, 0) is 12.8 Å². The number of urea groups is 1. The zero-order valence-corrected chi connectivity index (χ0v) is 20.4. The average molecular weight is 481 g/mol. The first-order chi connectivity index (χ1) is 17.7. The molecule has 2 amide bonds. The molecule has 0 unspecified atom stereocenters. The van der Waals surface area contributed by atoms with Crippen LogP contribution >= 0.6 is 0 Å². The molecule has 4 aromatic carbocycles. The van der Waals surface area contributed by atoms with Crippen molar-refractivity contribution in [3.8, 4) is 11.5 Å². The third-order valence-corrected chi connectivity index (χ3v) is 5.63. The predicted octanol–water partition coefficient (Wildman–Crippen LogP) is 7.35. The minimum Gasteiger partial charge on any atom is -0.494 e. The van der Waals surface area contributed by atoms with Crippen molar-refractivity contribution in [3.05, 3.63) is 120 Å². The average Bonchev–Trinajstić information content (AvgIpc) is 2.91. The number of benzene rings is 4. The number of hydrogen-bond acceptors (Lipinski definition) is 3. The van der Waals surface area contributed by atoms with Gasteiger partial charge in [0.1, 0.15) is 11.5 Å². The van der Waals surface area contributed by atoms with Crippen molar-refractivity contribution in [3.63, 3.8) is 0 Å². The first-order valence-electron chi connectivity index (χ1n) is 12.4. The molecule has 4 aromatic rings. The van der Waals surface area contributed by atoms with E-state index in [1.807, 2.05) is 84.9 Å². The van der Waals surface area contributed by atoms with Crippen LogP contribution in [0, 0.1) is 0 Å². The van der Waals surface area contributed by atoms with E-state index in [1.165, 1.54) is 11.1 Å². The lowest BCUT2D eigenvalue weighted by Gasteiger charge is -2.11. The second kappa shape index (κ2) is 13.6. The largest absolute Gasteiger partial charge is 0.494 e. The normalized spacial score (nSPS) is 10.4. The van der Waals surface area contributed by atoms with Crippen molar-refractivity contribution in [1.29, 1.82) is 0 Å². The van der Waals surface area contributed by atoms with E-state index < -0.39 is 0 Å². The quantitative estimate of drug-likeness (QED) is 0.208. The number of hydrogen-bond donors (Lipinski definition) is 2. The first kappa shape index (κ1) is 24.9. The van der Waals surface area contributed by atoms with Crippen LogP contribution in [0.2, 0.25) is 0 Å². The van der Waals surface area contributed by atoms with Crippen molar-refractivity contribution < 1.29 is 14.3 Å². The zero-order valence-electron chi connectivity index (χ0n) is 20.4. The summed E-state index contributed by atoms with van der Waals surface area (Å²) in [6, 6.07) is 35.3. The lowest BCUT2D eigenvalue weighted by atomic mass is 10.1. The van der Waals surface area contributed by atoms with Crippen molar-refractivity contribution in [2.45, 2.75) is 25.7 Å². The molecule has 0 saturated heterocycles. The fourth-order valence-electron chi connectivity index (χ4n) is 3.84. The summed E-state index contributed by atoms with van der Waals surface area (Å²) in [5, 5.41) is 5.73. The number of amides is 2. The molecule has 0 bridgehead atoms. The molecule has 0 fully saturated rings. The molecule has 0 aromatic heterocycles. The Hall–Kier alpha value is -4.25. The van der Waals surface area contributed by atoms with Crippen molar-refractivity contribution in [2.24, 2.45) is 0 Å². The van der Waals surface area contributed by atoms with Crippen LogP contribution in [0.25, 0.3) is 0 Å². The van der Waals surface area contributed by atoms with Gasteiger partial charge in [-0.25, -0.2) is 4.79 Å². The number of nitrogens with one attached hydrogen (secondary N) is 2. The summed E-state index contributed by atoms with van der Waals surface area (Å²) in [6.07, 6.45) is 3.79. The Morgan fingerprint density at radius 1 is 0.556 bits per heavy atom. The summed E-state index contributed by atoms with van der Waals surface area (Å²) in [7, 11) is 0. The third-order valence-electron chi connectivity index (χ3n) is 5.63. The molecule has 2 N–H and O–H groups in total. The highest BCUT2D eigenvalue weighted by Gasteiger charge is 2.06. The Kier molecular flexibility index (Phi) is 9.39. The molecule has 0 aliphatic heterocycles. The first-order valence-corrected chi connectivity index (χ1v) is 12.4. The molecule has 5 nitrogen and oxygen atoms in total. The molecule has 0 heterocycles. The van der Waals surface area contributed by atoms with E-state index in [-0.39, 0.29) is 6.03 Å². The molecular formula is C31H32N2O3. The lowest BCUT2D eigenvalue weighted by molar-refractivity contribution is 0.262. The van der Waals surface area contributed by atoms with Gasteiger partial charge in [-0.15, -0.1) is 0 Å². The van der Waals surface area contributed by atoms with Crippen molar-refractivity contribution in [1.82, 2.24) is 0 Å². The highest BCUT2D eigenvalue weighted by atomic mass is 16.5. The fourth-order valence-corrected chi connectivity index (χ4v) is 3.84. The fraction of sp³-hybridized carbons (Fsp3) is 0.194. The van der Waals surface area contributed by atoms with Gasteiger partial charge < -0.3 is 20.1 Å². The molecule has 4 rings (SSSR count). The predicted molar refractivity (Wildman–Crippen MR) is 146 cm³/mol. The second-order valence-electron chi connectivity index (χ2n) is 8.51. The number of aryl methyl sites for hydroxylation is 2. The molecule has 0 spiro atoms. The van der Waals surface area contributed by atoms with Crippen molar-refractivity contribution in [2.75, 3.05) is 23.8 Å². The minimum absolute atomic E-state index is 0.322. The van der Waals surface area contributed by atoms with Gasteiger partial charge in [0, 0.05) is 23.5 Å². The Balaban J connectivity index is 1.19. The van der Waals surface area contributed by atoms with Gasteiger partial charge in [0.15, 0.2) is 0 Å². The van der Waals surface area contributed by atoms with Crippen molar-refractivity contribution >= 4 is 17.4 Å². The van der Waals surface area contributed by atoms with E-state index in [0.29, 0.717) is 24.6 Å². The number of anilines is 2. The number of carbonyl (C=O) groups is 1. The maximum absolute atomic E-state index is 12.5. The lowest BCUT2D eigenvalue weighted by Crippen LogP contribution is -2.19. The van der Waals surface area contributed by atoms with Gasteiger partial charge >= 0.3 is 6.03 Å². The van der Waals surface area contributed by atoms with Gasteiger partial charge in [0.2, 0.25) is 0 Å². The second-order valence-corrected chi connectivity index (χ2v) is 8.51. The maximum atomic E-state index is 12.5. The summed E-state index contributed by atoms with van der Waals surface area (Å²) < 4.78 is 11.7. The molecule has 0 aliphatic rings. The molecule has 184 valence electrons. The van der Waals surface area contributed by atoms with Crippen LogP contribution in [0.4, 0.5) is 16.2 Å². The van der Waals surface area contributed by atoms with Gasteiger partial charge in [-0.05, 0) is 61.1 Å². The maximum Gasteiger partial charge on any atom is 0.323 e. The van der Waals surface area contributed by atoms with Crippen LogP contribution in [0.15, 0.2) is 109 Å². The smallest absolute Gasteiger partial charge is 0.323 e. The Labute approximate surface area is 213 Å². The van der Waals surface area contributed by atoms with E-state index in [4.69, 9.17) is 9.47 Å². The number of carbonyl (C=O) groups excluding carboxylic acids is 1. The Morgan fingerprint density at radius 2 is 1.00 bits per heavy atom. The van der Waals surface area contributed by atoms with Gasteiger partial charge in [0.25, 0.3) is 0 Å². The third kappa shape index (κ3) is 8.51. The molecular weight excluding hydrogens is 448 g/mol. The SMILES string of the molecule is O=C(Nc1cccc(OCCCc2ccccc2)c1)Nc1cccc(OCCCc2ccccc2)c1. The Morgan fingerprint density at radius 3 is 1.44 bits per heavy atom. The highest BCUT2D eigenvalue weighted by Crippen LogP contribution is 2.20. The highest BCUT2D eigenvalue weighted by molar-refractivity contribution is 5.99. The molecule has 0 saturated carbocycles. The van der Waals surface area contributed by atoms with Crippen LogP contribution in [0.5, 0.6) is 11.5 Å². The van der Waals surface area contributed by atoms with E-state index in [9.17, 15) is 4.79 Å². The van der Waals surface area contributed by atoms with Crippen LogP contribution < -0.4 is 20.1 Å². The van der Waals surface area contributed by atoms with Crippen LogP contribution in [0.3, 0.4) is 0 Å². The van der Waals surface area contributed by atoms with Gasteiger partial charge in [-0.3, -0.25) is 0 Å². The molecule has 0 aliphatic carbocycles. The summed E-state index contributed by atoms with van der Waals surface area (Å²) in [6.45, 7) is 1.23. The topological polar surface area (TPSA) is 59.6 Å². The summed E-state index contributed by atoms with van der Waals surface area (Å²) in [5.41, 5.74) is 3.94. The van der Waals surface area contributed by atoms with E-state index in [2.05, 4.69) is 34.9 Å². The number of ether oxygens (including phenoxy) is 2.